The van der Waals surface area contributed by atoms with Gasteiger partial charge in [0.25, 0.3) is 5.91 Å². The average Bonchev–Trinajstić information content (AvgIpc) is 2.31. The highest BCUT2D eigenvalue weighted by Gasteiger charge is 2.23. The van der Waals surface area contributed by atoms with Crippen molar-refractivity contribution in [3.05, 3.63) is 35.1 Å². The Hall–Kier alpha value is -1.42. The van der Waals surface area contributed by atoms with Crippen LogP contribution in [0, 0.1) is 12.7 Å². The first-order chi connectivity index (χ1) is 8.08. The van der Waals surface area contributed by atoms with Gasteiger partial charge in [-0.1, -0.05) is 11.6 Å². The van der Waals surface area contributed by atoms with Crippen molar-refractivity contribution < 1.29 is 9.18 Å². The van der Waals surface area contributed by atoms with Crippen molar-refractivity contribution >= 4 is 5.91 Å². The van der Waals surface area contributed by atoms with Gasteiger partial charge in [0.2, 0.25) is 0 Å². The molecule has 17 heavy (non-hydrogen) atoms. The molecule has 1 aromatic rings. The lowest BCUT2D eigenvalue weighted by atomic mass is 10.1. The topological polar surface area (TPSA) is 32.3 Å². The molecule has 0 saturated carbocycles. The summed E-state index contributed by atoms with van der Waals surface area (Å²) in [5.41, 5.74) is 1.08. The summed E-state index contributed by atoms with van der Waals surface area (Å²) in [6.45, 7) is 5.91. The minimum Gasteiger partial charge on any atom is -0.336 e. The minimum atomic E-state index is -0.438. The molecule has 1 aliphatic rings. The summed E-state index contributed by atoms with van der Waals surface area (Å²) in [5.74, 6) is -0.647. The maximum absolute atomic E-state index is 13.6. The molecule has 92 valence electrons. The van der Waals surface area contributed by atoms with E-state index in [9.17, 15) is 9.18 Å². The summed E-state index contributed by atoms with van der Waals surface area (Å²) in [6, 6.07) is 4.91. The third-order valence-corrected chi connectivity index (χ3v) is 3.01. The van der Waals surface area contributed by atoms with E-state index >= 15 is 0 Å². The Morgan fingerprint density at radius 1 is 1.53 bits per heavy atom. The Bertz CT molecular complexity index is 433. The van der Waals surface area contributed by atoms with Crippen LogP contribution in [-0.4, -0.2) is 36.5 Å². The van der Waals surface area contributed by atoms with Crippen LogP contribution in [0.1, 0.15) is 22.8 Å². The molecule has 4 heteroatoms. The molecule has 0 bridgehead atoms. The predicted molar refractivity (Wildman–Crippen MR) is 64.5 cm³/mol. The van der Waals surface area contributed by atoms with Crippen molar-refractivity contribution in [1.29, 1.82) is 0 Å². The zero-order chi connectivity index (χ0) is 12.4. The molecule has 2 rings (SSSR count). The van der Waals surface area contributed by atoms with Crippen LogP contribution >= 0.6 is 0 Å². The number of amides is 1. The fourth-order valence-electron chi connectivity index (χ4n) is 2.09. The average molecular weight is 236 g/mol. The summed E-state index contributed by atoms with van der Waals surface area (Å²) < 4.78 is 13.6. The lowest BCUT2D eigenvalue weighted by Crippen LogP contribution is -2.51. The molecule has 1 unspecified atom stereocenters. The van der Waals surface area contributed by atoms with Gasteiger partial charge in [0, 0.05) is 25.7 Å². The number of piperazine rings is 1. The zero-order valence-electron chi connectivity index (χ0n) is 10.2. The van der Waals surface area contributed by atoms with Crippen molar-refractivity contribution in [2.75, 3.05) is 19.6 Å². The number of halogens is 1. The van der Waals surface area contributed by atoms with Crippen LogP contribution in [0.15, 0.2) is 18.2 Å². The Labute approximate surface area is 101 Å². The summed E-state index contributed by atoms with van der Waals surface area (Å²) in [4.78, 5) is 13.9. The van der Waals surface area contributed by atoms with Crippen LogP contribution in [0.25, 0.3) is 0 Å². The quantitative estimate of drug-likeness (QED) is 0.802. The van der Waals surface area contributed by atoms with E-state index in [0.29, 0.717) is 13.1 Å². The molecule has 3 nitrogen and oxygen atoms in total. The number of rotatable bonds is 1. The highest BCUT2D eigenvalue weighted by molar-refractivity contribution is 5.94. The van der Waals surface area contributed by atoms with Crippen LogP contribution < -0.4 is 5.32 Å². The lowest BCUT2D eigenvalue weighted by molar-refractivity contribution is 0.0704. The Morgan fingerprint density at radius 2 is 2.29 bits per heavy atom. The summed E-state index contributed by atoms with van der Waals surface area (Å²) >= 11 is 0. The number of benzene rings is 1. The van der Waals surface area contributed by atoms with Crippen molar-refractivity contribution in [2.24, 2.45) is 0 Å². The predicted octanol–water partition coefficient (Wildman–Crippen LogP) is 1.57. The van der Waals surface area contributed by atoms with E-state index < -0.39 is 5.82 Å². The number of hydrogen-bond acceptors (Lipinski definition) is 2. The molecule has 0 aliphatic carbocycles. The summed E-state index contributed by atoms with van der Waals surface area (Å²) in [6.07, 6.45) is 0. The smallest absolute Gasteiger partial charge is 0.256 e. The molecule has 1 fully saturated rings. The number of nitrogens with one attached hydrogen (secondary N) is 1. The fourth-order valence-corrected chi connectivity index (χ4v) is 2.09. The number of aryl methyl sites for hydroxylation is 1. The molecule has 0 radical (unpaired) electrons. The minimum absolute atomic E-state index is 0.180. The molecule has 1 saturated heterocycles. The standard InChI is InChI=1S/C13H17FN2O/c1-9-3-4-12(14)11(7-9)13(17)16-6-5-15-10(2)8-16/h3-4,7,10,15H,5-6,8H2,1-2H3. The highest BCUT2D eigenvalue weighted by Crippen LogP contribution is 2.14. The van der Waals surface area contributed by atoms with E-state index in [1.807, 2.05) is 13.8 Å². The number of nitrogens with zero attached hydrogens (tertiary/aromatic N) is 1. The van der Waals surface area contributed by atoms with Crippen molar-refractivity contribution in [3.8, 4) is 0 Å². The molecular formula is C13H17FN2O. The molecule has 1 atom stereocenters. The van der Waals surface area contributed by atoms with Gasteiger partial charge < -0.3 is 10.2 Å². The molecule has 0 aromatic heterocycles. The third-order valence-electron chi connectivity index (χ3n) is 3.01. The van der Waals surface area contributed by atoms with Gasteiger partial charge in [-0.3, -0.25) is 4.79 Å². The largest absolute Gasteiger partial charge is 0.336 e. The first kappa shape index (κ1) is 12.0. The van der Waals surface area contributed by atoms with E-state index in [-0.39, 0.29) is 17.5 Å². The molecule has 1 amide bonds. The van der Waals surface area contributed by atoms with Gasteiger partial charge >= 0.3 is 0 Å². The molecule has 0 spiro atoms. The van der Waals surface area contributed by atoms with Crippen LogP contribution in [0.3, 0.4) is 0 Å². The third kappa shape index (κ3) is 2.64. The Balaban J connectivity index is 2.21. The second kappa shape index (κ2) is 4.84. The van der Waals surface area contributed by atoms with Gasteiger partial charge in [0.1, 0.15) is 5.82 Å². The second-order valence-electron chi connectivity index (χ2n) is 4.59. The molecule has 1 heterocycles. The van der Waals surface area contributed by atoms with E-state index in [1.165, 1.54) is 6.07 Å². The number of carbonyl (C=O) groups excluding carboxylic acids is 1. The number of carbonyl (C=O) groups is 1. The summed E-state index contributed by atoms with van der Waals surface area (Å²) in [5, 5.41) is 3.26. The van der Waals surface area contributed by atoms with Crippen molar-refractivity contribution in [2.45, 2.75) is 19.9 Å². The van der Waals surface area contributed by atoms with E-state index in [0.717, 1.165) is 12.1 Å². The molecule has 1 aliphatic heterocycles. The first-order valence-electron chi connectivity index (χ1n) is 5.87. The molecule has 1 N–H and O–H groups in total. The van der Waals surface area contributed by atoms with Gasteiger partial charge in [-0.15, -0.1) is 0 Å². The van der Waals surface area contributed by atoms with Crippen molar-refractivity contribution in [3.63, 3.8) is 0 Å². The van der Waals surface area contributed by atoms with Gasteiger partial charge in [0.05, 0.1) is 5.56 Å². The van der Waals surface area contributed by atoms with Gasteiger partial charge in [0.15, 0.2) is 0 Å². The first-order valence-corrected chi connectivity index (χ1v) is 5.87. The van der Waals surface area contributed by atoms with Gasteiger partial charge in [-0.05, 0) is 26.0 Å². The molecular weight excluding hydrogens is 219 g/mol. The summed E-state index contributed by atoms with van der Waals surface area (Å²) in [7, 11) is 0. The van der Waals surface area contributed by atoms with Crippen LogP contribution in [0.4, 0.5) is 4.39 Å². The van der Waals surface area contributed by atoms with E-state index in [4.69, 9.17) is 0 Å². The maximum atomic E-state index is 13.6. The second-order valence-corrected chi connectivity index (χ2v) is 4.59. The maximum Gasteiger partial charge on any atom is 0.256 e. The van der Waals surface area contributed by atoms with E-state index in [2.05, 4.69) is 5.32 Å². The SMILES string of the molecule is Cc1ccc(F)c(C(=O)N2CCNC(C)C2)c1. The van der Waals surface area contributed by atoms with Crippen molar-refractivity contribution in [1.82, 2.24) is 10.2 Å². The Morgan fingerprint density at radius 3 is 3.00 bits per heavy atom. The normalized spacial score (nSPS) is 20.4. The highest BCUT2D eigenvalue weighted by atomic mass is 19.1. The van der Waals surface area contributed by atoms with Gasteiger partial charge in [-0.2, -0.15) is 0 Å². The monoisotopic (exact) mass is 236 g/mol. The van der Waals surface area contributed by atoms with Crippen LogP contribution in [-0.2, 0) is 0 Å². The van der Waals surface area contributed by atoms with Crippen LogP contribution in [0.5, 0.6) is 0 Å². The Kier molecular flexibility index (Phi) is 3.43. The number of hydrogen-bond donors (Lipinski definition) is 1. The van der Waals surface area contributed by atoms with Gasteiger partial charge in [-0.25, -0.2) is 4.39 Å². The van der Waals surface area contributed by atoms with Crippen LogP contribution in [0.2, 0.25) is 0 Å². The molecule has 1 aromatic carbocycles. The zero-order valence-corrected chi connectivity index (χ0v) is 10.2. The fraction of sp³-hybridized carbons (Fsp3) is 0.462. The lowest BCUT2D eigenvalue weighted by Gasteiger charge is -2.32. The van der Waals surface area contributed by atoms with E-state index in [1.54, 1.807) is 17.0 Å².